The van der Waals surface area contributed by atoms with Crippen LogP contribution in [0.15, 0.2) is 47.2 Å². The number of benzene rings is 1. The van der Waals surface area contributed by atoms with Crippen molar-refractivity contribution in [2.75, 3.05) is 22.9 Å². The summed E-state index contributed by atoms with van der Waals surface area (Å²) in [5.41, 5.74) is 2.62. The summed E-state index contributed by atoms with van der Waals surface area (Å²) in [6, 6.07) is 9.32. The van der Waals surface area contributed by atoms with Gasteiger partial charge in [-0.3, -0.25) is 9.29 Å². The summed E-state index contributed by atoms with van der Waals surface area (Å²) in [6.07, 6.45) is 4.65. The molecule has 0 fully saturated rings. The van der Waals surface area contributed by atoms with E-state index in [1.54, 1.807) is 24.5 Å². The molecule has 2 rings (SSSR count). The zero-order valence-corrected chi connectivity index (χ0v) is 14.1. The van der Waals surface area contributed by atoms with E-state index < -0.39 is 10.0 Å². The Morgan fingerprint density at radius 3 is 2.48 bits per heavy atom. The molecule has 0 saturated carbocycles. The van der Waals surface area contributed by atoms with Gasteiger partial charge >= 0.3 is 0 Å². The van der Waals surface area contributed by atoms with Crippen molar-refractivity contribution in [1.29, 1.82) is 0 Å². The van der Waals surface area contributed by atoms with Crippen LogP contribution >= 0.6 is 15.9 Å². The van der Waals surface area contributed by atoms with Gasteiger partial charge in [-0.05, 0) is 39.7 Å². The highest BCUT2D eigenvalue weighted by atomic mass is 79.9. The SMILES string of the molecule is CN(c1ccc(CNc2cncc(Br)c2)cc1)S(C)(=O)=O. The summed E-state index contributed by atoms with van der Waals surface area (Å²) in [7, 11) is -1.69. The second-order valence-electron chi connectivity index (χ2n) is 4.64. The lowest BCUT2D eigenvalue weighted by molar-refractivity contribution is 0.600. The van der Waals surface area contributed by atoms with E-state index >= 15 is 0 Å². The van der Waals surface area contributed by atoms with Crippen molar-refractivity contribution < 1.29 is 8.42 Å². The minimum Gasteiger partial charge on any atom is -0.380 e. The lowest BCUT2D eigenvalue weighted by atomic mass is 10.2. The molecule has 0 saturated heterocycles. The van der Waals surface area contributed by atoms with Crippen LogP contribution in [0.1, 0.15) is 5.56 Å². The fourth-order valence-electron chi connectivity index (χ4n) is 1.73. The normalized spacial score (nSPS) is 11.2. The van der Waals surface area contributed by atoms with Gasteiger partial charge in [0, 0.05) is 24.3 Å². The number of nitrogens with one attached hydrogen (secondary N) is 1. The Labute approximate surface area is 133 Å². The molecule has 0 atom stereocenters. The van der Waals surface area contributed by atoms with E-state index in [0.717, 1.165) is 15.7 Å². The molecular formula is C14H16BrN3O2S. The second-order valence-corrected chi connectivity index (χ2v) is 7.57. The molecule has 0 aliphatic rings. The third-order valence-electron chi connectivity index (χ3n) is 3.00. The van der Waals surface area contributed by atoms with E-state index in [1.807, 2.05) is 18.2 Å². The molecule has 0 radical (unpaired) electrons. The predicted molar refractivity (Wildman–Crippen MR) is 89.0 cm³/mol. The van der Waals surface area contributed by atoms with Crippen LogP contribution in [-0.2, 0) is 16.6 Å². The minimum absolute atomic E-state index is 0.640. The van der Waals surface area contributed by atoms with Gasteiger partial charge in [0.1, 0.15) is 0 Å². The highest BCUT2D eigenvalue weighted by Gasteiger charge is 2.11. The molecule has 1 heterocycles. The van der Waals surface area contributed by atoms with E-state index in [-0.39, 0.29) is 0 Å². The predicted octanol–water partition coefficient (Wildman–Crippen LogP) is 2.85. The summed E-state index contributed by atoms with van der Waals surface area (Å²) in [5, 5.41) is 3.26. The van der Waals surface area contributed by atoms with Crippen LogP contribution in [-0.4, -0.2) is 26.7 Å². The Morgan fingerprint density at radius 1 is 1.24 bits per heavy atom. The van der Waals surface area contributed by atoms with Gasteiger partial charge in [-0.25, -0.2) is 8.42 Å². The van der Waals surface area contributed by atoms with Crippen molar-refractivity contribution in [2.24, 2.45) is 0 Å². The van der Waals surface area contributed by atoms with Crippen molar-refractivity contribution in [1.82, 2.24) is 4.98 Å². The maximum atomic E-state index is 11.5. The van der Waals surface area contributed by atoms with Crippen LogP contribution in [0.2, 0.25) is 0 Å². The van der Waals surface area contributed by atoms with Crippen molar-refractivity contribution in [2.45, 2.75) is 6.54 Å². The van der Waals surface area contributed by atoms with Crippen LogP contribution in [0.5, 0.6) is 0 Å². The highest BCUT2D eigenvalue weighted by Crippen LogP contribution is 2.18. The first-order valence-corrected chi connectivity index (χ1v) is 8.87. The Morgan fingerprint density at radius 2 is 1.90 bits per heavy atom. The van der Waals surface area contributed by atoms with Crippen LogP contribution in [0.25, 0.3) is 0 Å². The average molecular weight is 370 g/mol. The van der Waals surface area contributed by atoms with Gasteiger partial charge in [-0.2, -0.15) is 0 Å². The first-order chi connectivity index (χ1) is 9.86. The van der Waals surface area contributed by atoms with Crippen LogP contribution < -0.4 is 9.62 Å². The lowest BCUT2D eigenvalue weighted by Gasteiger charge is -2.17. The first-order valence-electron chi connectivity index (χ1n) is 6.23. The smallest absolute Gasteiger partial charge is 0.231 e. The topological polar surface area (TPSA) is 62.3 Å². The molecule has 112 valence electrons. The number of hydrogen-bond acceptors (Lipinski definition) is 4. The van der Waals surface area contributed by atoms with Crippen LogP contribution in [0.4, 0.5) is 11.4 Å². The lowest BCUT2D eigenvalue weighted by Crippen LogP contribution is -2.24. The molecule has 0 spiro atoms. The first kappa shape index (κ1) is 15.8. The van der Waals surface area contributed by atoms with Crippen molar-refractivity contribution in [3.63, 3.8) is 0 Å². The number of pyridine rings is 1. The van der Waals surface area contributed by atoms with Gasteiger partial charge in [0.05, 0.1) is 23.8 Å². The standard InChI is InChI=1S/C14H16BrN3O2S/c1-18(21(2,19)20)14-5-3-11(4-6-14)8-17-13-7-12(15)9-16-10-13/h3-7,9-10,17H,8H2,1-2H3. The van der Waals surface area contributed by atoms with E-state index in [2.05, 4.69) is 26.2 Å². The van der Waals surface area contributed by atoms with Gasteiger partial charge in [-0.15, -0.1) is 0 Å². The molecule has 1 N–H and O–H groups in total. The van der Waals surface area contributed by atoms with E-state index in [0.29, 0.717) is 12.2 Å². The van der Waals surface area contributed by atoms with Crippen LogP contribution in [0.3, 0.4) is 0 Å². The number of sulfonamides is 1. The monoisotopic (exact) mass is 369 g/mol. The second kappa shape index (κ2) is 6.44. The van der Waals surface area contributed by atoms with Gasteiger partial charge in [0.15, 0.2) is 0 Å². The summed E-state index contributed by atoms with van der Waals surface area (Å²) >= 11 is 3.37. The van der Waals surface area contributed by atoms with Crippen molar-refractivity contribution in [3.05, 3.63) is 52.8 Å². The third kappa shape index (κ3) is 4.44. The van der Waals surface area contributed by atoms with Gasteiger partial charge in [0.2, 0.25) is 10.0 Å². The zero-order chi connectivity index (χ0) is 15.5. The number of rotatable bonds is 5. The van der Waals surface area contributed by atoms with Gasteiger partial charge in [-0.1, -0.05) is 12.1 Å². The number of anilines is 2. The Hall–Kier alpha value is -1.60. The van der Waals surface area contributed by atoms with Crippen molar-refractivity contribution in [3.8, 4) is 0 Å². The van der Waals surface area contributed by atoms with Crippen LogP contribution in [0, 0.1) is 0 Å². The molecule has 5 nitrogen and oxygen atoms in total. The quantitative estimate of drug-likeness (QED) is 0.879. The molecule has 1 aromatic carbocycles. The summed E-state index contributed by atoms with van der Waals surface area (Å²) in [4.78, 5) is 4.08. The zero-order valence-electron chi connectivity index (χ0n) is 11.7. The Balaban J connectivity index is 2.03. The van der Waals surface area contributed by atoms with E-state index in [4.69, 9.17) is 0 Å². The van der Waals surface area contributed by atoms with E-state index in [1.165, 1.54) is 17.6 Å². The fourth-order valence-corrected chi connectivity index (χ4v) is 2.60. The molecule has 2 aromatic rings. The maximum absolute atomic E-state index is 11.5. The number of halogens is 1. The summed E-state index contributed by atoms with van der Waals surface area (Å²) in [6.45, 7) is 0.640. The molecule has 0 bridgehead atoms. The minimum atomic E-state index is -3.22. The summed E-state index contributed by atoms with van der Waals surface area (Å²) in [5.74, 6) is 0. The molecule has 21 heavy (non-hydrogen) atoms. The third-order valence-corrected chi connectivity index (χ3v) is 4.64. The van der Waals surface area contributed by atoms with Gasteiger partial charge in [0.25, 0.3) is 0 Å². The molecule has 0 aliphatic heterocycles. The number of nitrogens with zero attached hydrogens (tertiary/aromatic N) is 2. The molecule has 0 unspecified atom stereocenters. The fraction of sp³-hybridized carbons (Fsp3) is 0.214. The number of aromatic nitrogens is 1. The summed E-state index contributed by atoms with van der Waals surface area (Å²) < 4.78 is 25.1. The molecule has 7 heteroatoms. The number of hydrogen-bond donors (Lipinski definition) is 1. The molecule has 0 amide bonds. The highest BCUT2D eigenvalue weighted by molar-refractivity contribution is 9.10. The largest absolute Gasteiger partial charge is 0.380 e. The van der Waals surface area contributed by atoms with E-state index in [9.17, 15) is 8.42 Å². The van der Waals surface area contributed by atoms with Crippen molar-refractivity contribution >= 4 is 37.3 Å². The molecule has 1 aromatic heterocycles. The van der Waals surface area contributed by atoms with Gasteiger partial charge < -0.3 is 5.32 Å². The maximum Gasteiger partial charge on any atom is 0.231 e. The molecular weight excluding hydrogens is 354 g/mol. The molecule has 0 aliphatic carbocycles. The average Bonchev–Trinajstić information content (AvgIpc) is 2.44. The Bertz CT molecular complexity index is 717. The Kier molecular flexibility index (Phi) is 4.84.